The summed E-state index contributed by atoms with van der Waals surface area (Å²) < 4.78 is 11.3. The number of hydrogen-bond acceptors (Lipinski definition) is 5. The van der Waals surface area contributed by atoms with Crippen molar-refractivity contribution in [2.45, 2.75) is 45.7 Å². The lowest BCUT2D eigenvalue weighted by molar-refractivity contribution is -0.135. The molecule has 2 aromatic rings. The van der Waals surface area contributed by atoms with Crippen molar-refractivity contribution in [3.05, 3.63) is 35.9 Å². The number of hydrogen-bond donors (Lipinski definition) is 0. The fourth-order valence-corrected chi connectivity index (χ4v) is 3.69. The molecule has 2 heterocycles. The van der Waals surface area contributed by atoms with Crippen molar-refractivity contribution in [2.24, 2.45) is 5.92 Å². The summed E-state index contributed by atoms with van der Waals surface area (Å²) in [5, 5.41) is 4.42. The van der Waals surface area contributed by atoms with Crippen molar-refractivity contribution in [3.8, 4) is 11.3 Å². The first-order valence-corrected chi connectivity index (χ1v) is 10.4. The van der Waals surface area contributed by atoms with Crippen LogP contribution in [0.2, 0.25) is 0 Å². The largest absolute Gasteiger partial charge is 0.378 e. The number of morpholine rings is 1. The van der Waals surface area contributed by atoms with Crippen LogP contribution >= 0.6 is 0 Å². The molecule has 0 bridgehead atoms. The van der Waals surface area contributed by atoms with Crippen molar-refractivity contribution < 1.29 is 14.1 Å². The van der Waals surface area contributed by atoms with E-state index in [0.717, 1.165) is 55.1 Å². The smallest absolute Gasteiger partial charge is 0.233 e. The third kappa shape index (κ3) is 3.92. The lowest BCUT2D eigenvalue weighted by Gasteiger charge is -2.31. The summed E-state index contributed by atoms with van der Waals surface area (Å²) in [4.78, 5) is 17.2. The van der Waals surface area contributed by atoms with E-state index in [9.17, 15) is 4.79 Å². The number of aromatic nitrogens is 1. The van der Waals surface area contributed by atoms with Gasteiger partial charge in [-0.05, 0) is 26.2 Å². The molecule has 6 nitrogen and oxygen atoms in total. The van der Waals surface area contributed by atoms with Gasteiger partial charge in [0.05, 0.1) is 25.3 Å². The van der Waals surface area contributed by atoms with E-state index in [1.807, 2.05) is 35.2 Å². The fraction of sp³-hybridized carbons (Fsp3) is 0.545. The Morgan fingerprint density at radius 1 is 1.25 bits per heavy atom. The standard InChI is InChI=1S/C22H29N3O3/c1-3-16(2)25(21(26)18-9-10-18)15-19-20(17-7-5-4-6-8-17)23-28-22(19)24-11-13-27-14-12-24/h4-8,16,18H,3,9-15H2,1-2H3. The molecule has 1 aliphatic carbocycles. The van der Waals surface area contributed by atoms with E-state index < -0.39 is 0 Å². The van der Waals surface area contributed by atoms with Crippen LogP contribution in [-0.4, -0.2) is 48.3 Å². The topological polar surface area (TPSA) is 58.8 Å². The fourth-order valence-electron chi connectivity index (χ4n) is 3.69. The lowest BCUT2D eigenvalue weighted by atomic mass is 10.0. The Labute approximate surface area is 166 Å². The van der Waals surface area contributed by atoms with Crippen molar-refractivity contribution in [3.63, 3.8) is 0 Å². The molecule has 1 saturated carbocycles. The van der Waals surface area contributed by atoms with Crippen LogP contribution in [-0.2, 0) is 16.1 Å². The second-order valence-electron chi connectivity index (χ2n) is 7.78. The summed E-state index contributed by atoms with van der Waals surface area (Å²) in [7, 11) is 0. The van der Waals surface area contributed by atoms with Crippen LogP contribution in [0.25, 0.3) is 11.3 Å². The SMILES string of the molecule is CCC(C)N(Cc1c(-c2ccccc2)noc1N1CCOCC1)C(=O)C1CC1. The molecule has 1 aromatic heterocycles. The normalized spacial score (nSPS) is 18.1. The van der Waals surface area contributed by atoms with Crippen molar-refractivity contribution in [2.75, 3.05) is 31.2 Å². The third-order valence-electron chi connectivity index (χ3n) is 5.77. The molecule has 1 saturated heterocycles. The quantitative estimate of drug-likeness (QED) is 0.729. The highest BCUT2D eigenvalue weighted by Gasteiger charge is 2.36. The summed E-state index contributed by atoms with van der Waals surface area (Å²) in [6, 6.07) is 10.3. The Morgan fingerprint density at radius 3 is 2.61 bits per heavy atom. The molecule has 1 aliphatic heterocycles. The van der Waals surface area contributed by atoms with Crippen molar-refractivity contribution in [1.29, 1.82) is 0 Å². The van der Waals surface area contributed by atoms with Gasteiger partial charge in [-0.3, -0.25) is 4.79 Å². The number of anilines is 1. The van der Waals surface area contributed by atoms with Gasteiger partial charge in [0.2, 0.25) is 11.8 Å². The molecule has 1 atom stereocenters. The zero-order valence-electron chi connectivity index (χ0n) is 16.8. The molecular formula is C22H29N3O3. The first kappa shape index (κ1) is 19.0. The minimum Gasteiger partial charge on any atom is -0.378 e. The van der Waals surface area contributed by atoms with Crippen LogP contribution in [0.15, 0.2) is 34.9 Å². The van der Waals surface area contributed by atoms with Crippen LogP contribution in [0.5, 0.6) is 0 Å². The van der Waals surface area contributed by atoms with Crippen LogP contribution in [0.1, 0.15) is 38.7 Å². The van der Waals surface area contributed by atoms with E-state index in [-0.39, 0.29) is 17.9 Å². The molecule has 28 heavy (non-hydrogen) atoms. The molecule has 2 aliphatic rings. The summed E-state index contributed by atoms with van der Waals surface area (Å²) in [5.41, 5.74) is 2.85. The van der Waals surface area contributed by atoms with Crippen LogP contribution in [0.4, 0.5) is 5.88 Å². The number of carbonyl (C=O) groups is 1. The van der Waals surface area contributed by atoms with E-state index >= 15 is 0 Å². The third-order valence-corrected chi connectivity index (χ3v) is 5.77. The first-order valence-electron chi connectivity index (χ1n) is 10.4. The number of carbonyl (C=O) groups excluding carboxylic acids is 1. The molecule has 1 unspecified atom stereocenters. The highest BCUT2D eigenvalue weighted by Crippen LogP contribution is 2.36. The van der Waals surface area contributed by atoms with Crippen LogP contribution in [0.3, 0.4) is 0 Å². The summed E-state index contributed by atoms with van der Waals surface area (Å²) in [5.74, 6) is 1.24. The molecule has 2 fully saturated rings. The molecule has 1 amide bonds. The summed E-state index contributed by atoms with van der Waals surface area (Å²) in [6.07, 6.45) is 2.95. The van der Waals surface area contributed by atoms with E-state index in [1.54, 1.807) is 0 Å². The van der Waals surface area contributed by atoms with Gasteiger partial charge in [-0.25, -0.2) is 0 Å². The monoisotopic (exact) mass is 383 g/mol. The maximum absolute atomic E-state index is 13.0. The molecule has 0 radical (unpaired) electrons. The summed E-state index contributed by atoms with van der Waals surface area (Å²) >= 11 is 0. The van der Waals surface area contributed by atoms with Gasteiger partial charge in [-0.1, -0.05) is 42.4 Å². The first-order chi connectivity index (χ1) is 13.7. The predicted molar refractivity (Wildman–Crippen MR) is 108 cm³/mol. The Hall–Kier alpha value is -2.34. The van der Waals surface area contributed by atoms with Gasteiger partial charge in [0.15, 0.2) is 0 Å². The summed E-state index contributed by atoms with van der Waals surface area (Å²) in [6.45, 7) is 7.70. The lowest BCUT2D eigenvalue weighted by Crippen LogP contribution is -2.40. The molecule has 4 rings (SSSR count). The zero-order valence-corrected chi connectivity index (χ0v) is 16.8. The van der Waals surface area contributed by atoms with Gasteiger partial charge in [0, 0.05) is 30.6 Å². The second-order valence-corrected chi connectivity index (χ2v) is 7.78. The Kier molecular flexibility index (Phi) is 5.67. The maximum Gasteiger partial charge on any atom is 0.233 e. The van der Waals surface area contributed by atoms with Gasteiger partial charge in [0.1, 0.15) is 5.69 Å². The molecule has 150 valence electrons. The number of nitrogens with zero attached hydrogens (tertiary/aromatic N) is 3. The molecule has 0 spiro atoms. The highest BCUT2D eigenvalue weighted by atomic mass is 16.5. The predicted octanol–water partition coefficient (Wildman–Crippen LogP) is 3.72. The molecular weight excluding hydrogens is 354 g/mol. The number of benzene rings is 1. The maximum atomic E-state index is 13.0. The molecule has 6 heteroatoms. The Bertz CT molecular complexity index is 795. The molecule has 1 aromatic carbocycles. The van der Waals surface area contributed by atoms with Gasteiger partial charge < -0.3 is 19.1 Å². The molecule has 0 N–H and O–H groups in total. The van der Waals surface area contributed by atoms with Crippen LogP contribution < -0.4 is 4.90 Å². The van der Waals surface area contributed by atoms with E-state index in [2.05, 4.69) is 23.9 Å². The minimum atomic E-state index is 0.184. The van der Waals surface area contributed by atoms with E-state index in [4.69, 9.17) is 9.26 Å². The average molecular weight is 383 g/mol. The van der Waals surface area contributed by atoms with Crippen molar-refractivity contribution >= 4 is 11.8 Å². The van der Waals surface area contributed by atoms with Gasteiger partial charge in [-0.15, -0.1) is 0 Å². The van der Waals surface area contributed by atoms with Crippen LogP contribution in [0, 0.1) is 5.92 Å². The highest BCUT2D eigenvalue weighted by molar-refractivity contribution is 5.82. The average Bonchev–Trinajstić information content (AvgIpc) is 3.52. The Balaban J connectivity index is 1.71. The van der Waals surface area contributed by atoms with E-state index in [0.29, 0.717) is 19.8 Å². The zero-order chi connectivity index (χ0) is 19.5. The number of ether oxygens (including phenoxy) is 1. The minimum absolute atomic E-state index is 0.184. The number of amides is 1. The Morgan fingerprint density at radius 2 is 1.96 bits per heavy atom. The van der Waals surface area contributed by atoms with Gasteiger partial charge >= 0.3 is 0 Å². The second kappa shape index (κ2) is 8.35. The van der Waals surface area contributed by atoms with Crippen molar-refractivity contribution in [1.82, 2.24) is 10.1 Å². The van der Waals surface area contributed by atoms with Gasteiger partial charge in [0.25, 0.3) is 0 Å². The number of rotatable bonds is 7. The van der Waals surface area contributed by atoms with E-state index in [1.165, 1.54) is 0 Å². The van der Waals surface area contributed by atoms with Gasteiger partial charge in [-0.2, -0.15) is 0 Å².